The highest BCUT2D eigenvalue weighted by molar-refractivity contribution is 6.31. The number of anilines is 1. The van der Waals surface area contributed by atoms with Gasteiger partial charge in [0.1, 0.15) is 0 Å². The van der Waals surface area contributed by atoms with Gasteiger partial charge in [0.05, 0.1) is 0 Å². The molecule has 5 heteroatoms. The summed E-state index contributed by atoms with van der Waals surface area (Å²) in [7, 11) is 2.16. The summed E-state index contributed by atoms with van der Waals surface area (Å²) in [6, 6.07) is 13.4. The number of amides is 1. The summed E-state index contributed by atoms with van der Waals surface area (Å²) in [4.78, 5) is 17.2. The zero-order valence-corrected chi connectivity index (χ0v) is 15.5. The maximum atomic E-state index is 12.4. The van der Waals surface area contributed by atoms with E-state index >= 15 is 0 Å². The van der Waals surface area contributed by atoms with Crippen LogP contribution in [0.2, 0.25) is 5.02 Å². The predicted octanol–water partition coefficient (Wildman–Crippen LogP) is 3.65. The number of nitrogens with zero attached hydrogens (tertiary/aromatic N) is 2. The Labute approximate surface area is 154 Å². The highest BCUT2D eigenvalue weighted by Crippen LogP contribution is 2.20. The minimum Gasteiger partial charge on any atom is -0.322 e. The quantitative estimate of drug-likeness (QED) is 0.907. The molecule has 132 valence electrons. The fourth-order valence-corrected chi connectivity index (χ4v) is 3.08. The van der Waals surface area contributed by atoms with Gasteiger partial charge in [-0.05, 0) is 49.4 Å². The molecule has 0 spiro atoms. The van der Waals surface area contributed by atoms with Crippen molar-refractivity contribution in [2.24, 2.45) is 0 Å². The maximum absolute atomic E-state index is 12.4. The van der Waals surface area contributed by atoms with Crippen LogP contribution >= 0.6 is 11.6 Å². The van der Waals surface area contributed by atoms with Crippen molar-refractivity contribution in [2.75, 3.05) is 38.5 Å². The Bertz CT molecular complexity index is 737. The lowest BCUT2D eigenvalue weighted by atomic mass is 10.1. The number of piperazine rings is 1. The third-order valence-corrected chi connectivity index (χ3v) is 5.06. The molecule has 0 unspecified atom stereocenters. The van der Waals surface area contributed by atoms with E-state index in [4.69, 9.17) is 11.6 Å². The first kappa shape index (κ1) is 17.9. The van der Waals surface area contributed by atoms with Crippen LogP contribution in [0.15, 0.2) is 42.5 Å². The van der Waals surface area contributed by atoms with Crippen molar-refractivity contribution in [1.29, 1.82) is 0 Å². The van der Waals surface area contributed by atoms with Crippen LogP contribution in [0, 0.1) is 6.92 Å². The molecule has 2 aromatic rings. The lowest BCUT2D eigenvalue weighted by Crippen LogP contribution is -2.43. The van der Waals surface area contributed by atoms with Crippen molar-refractivity contribution >= 4 is 23.2 Å². The van der Waals surface area contributed by atoms with Crippen molar-refractivity contribution in [3.8, 4) is 0 Å². The Kier molecular flexibility index (Phi) is 5.74. The van der Waals surface area contributed by atoms with E-state index in [0.717, 1.165) is 38.3 Å². The number of hydrogen-bond acceptors (Lipinski definition) is 3. The topological polar surface area (TPSA) is 35.6 Å². The van der Waals surface area contributed by atoms with Gasteiger partial charge in [0.25, 0.3) is 5.91 Å². The van der Waals surface area contributed by atoms with E-state index in [2.05, 4.69) is 22.2 Å². The van der Waals surface area contributed by atoms with Crippen molar-refractivity contribution in [3.05, 3.63) is 64.2 Å². The van der Waals surface area contributed by atoms with E-state index in [-0.39, 0.29) is 5.91 Å². The molecule has 0 atom stereocenters. The number of carbonyl (C=O) groups excluding carboxylic acids is 1. The fourth-order valence-electron chi connectivity index (χ4n) is 2.90. The second-order valence-corrected chi connectivity index (χ2v) is 7.10. The summed E-state index contributed by atoms with van der Waals surface area (Å²) < 4.78 is 0. The SMILES string of the molecule is Cc1ccc(NC(=O)c2ccc(CN3CCN(C)CC3)cc2)cc1Cl. The van der Waals surface area contributed by atoms with Crippen molar-refractivity contribution in [2.45, 2.75) is 13.5 Å². The molecular formula is C20H24ClN3O. The largest absolute Gasteiger partial charge is 0.322 e. The number of aryl methyl sites for hydroxylation is 1. The molecule has 1 saturated heterocycles. The van der Waals surface area contributed by atoms with E-state index in [1.807, 2.05) is 43.3 Å². The van der Waals surface area contributed by atoms with E-state index < -0.39 is 0 Å². The maximum Gasteiger partial charge on any atom is 0.255 e. The number of likely N-dealkylation sites (N-methyl/N-ethyl adjacent to an activating group) is 1. The highest BCUT2D eigenvalue weighted by Gasteiger charge is 2.14. The molecule has 1 N–H and O–H groups in total. The lowest BCUT2D eigenvalue weighted by molar-refractivity contribution is 0.102. The minimum absolute atomic E-state index is 0.119. The number of halogens is 1. The zero-order chi connectivity index (χ0) is 17.8. The first-order valence-corrected chi connectivity index (χ1v) is 8.96. The van der Waals surface area contributed by atoms with Crippen LogP contribution in [-0.4, -0.2) is 48.9 Å². The normalized spacial score (nSPS) is 16.0. The molecule has 0 aliphatic carbocycles. The van der Waals surface area contributed by atoms with Crippen LogP contribution in [0.1, 0.15) is 21.5 Å². The van der Waals surface area contributed by atoms with E-state index in [1.54, 1.807) is 6.07 Å². The average molecular weight is 358 g/mol. The summed E-state index contributed by atoms with van der Waals surface area (Å²) in [6.07, 6.45) is 0. The van der Waals surface area contributed by atoms with Crippen LogP contribution in [-0.2, 0) is 6.54 Å². The first-order valence-electron chi connectivity index (χ1n) is 8.58. The molecule has 1 heterocycles. The molecule has 0 saturated carbocycles. The van der Waals surface area contributed by atoms with E-state index in [0.29, 0.717) is 16.3 Å². The summed E-state index contributed by atoms with van der Waals surface area (Å²) in [5.74, 6) is -0.119. The molecule has 4 nitrogen and oxygen atoms in total. The molecule has 3 rings (SSSR count). The average Bonchev–Trinajstić information content (AvgIpc) is 2.61. The smallest absolute Gasteiger partial charge is 0.255 e. The first-order chi connectivity index (χ1) is 12.0. The fraction of sp³-hybridized carbons (Fsp3) is 0.350. The standard InChI is InChI=1S/C20H24ClN3O/c1-15-3-8-18(13-19(15)21)22-20(25)17-6-4-16(5-7-17)14-24-11-9-23(2)10-12-24/h3-8,13H,9-12,14H2,1-2H3,(H,22,25). The molecule has 2 aromatic carbocycles. The Morgan fingerprint density at radius 1 is 1.08 bits per heavy atom. The number of benzene rings is 2. The number of hydrogen-bond donors (Lipinski definition) is 1. The monoisotopic (exact) mass is 357 g/mol. The molecule has 1 fully saturated rings. The summed E-state index contributed by atoms with van der Waals surface area (Å²) >= 11 is 6.11. The van der Waals surface area contributed by atoms with Crippen molar-refractivity contribution in [3.63, 3.8) is 0 Å². The number of carbonyl (C=O) groups is 1. The molecule has 0 aromatic heterocycles. The second-order valence-electron chi connectivity index (χ2n) is 6.69. The minimum atomic E-state index is -0.119. The van der Waals surface area contributed by atoms with Crippen LogP contribution in [0.5, 0.6) is 0 Å². The van der Waals surface area contributed by atoms with Gasteiger partial charge in [-0.25, -0.2) is 0 Å². The molecule has 1 amide bonds. The Morgan fingerprint density at radius 2 is 1.76 bits per heavy atom. The van der Waals surface area contributed by atoms with Crippen LogP contribution in [0.25, 0.3) is 0 Å². The van der Waals surface area contributed by atoms with Gasteiger partial charge < -0.3 is 10.2 Å². The van der Waals surface area contributed by atoms with Gasteiger partial charge in [-0.15, -0.1) is 0 Å². The predicted molar refractivity (Wildman–Crippen MR) is 103 cm³/mol. The number of nitrogens with one attached hydrogen (secondary N) is 1. The van der Waals surface area contributed by atoms with Gasteiger partial charge in [-0.3, -0.25) is 9.69 Å². The zero-order valence-electron chi connectivity index (χ0n) is 14.8. The Morgan fingerprint density at radius 3 is 2.40 bits per heavy atom. The highest BCUT2D eigenvalue weighted by atomic mass is 35.5. The Hall–Kier alpha value is -1.88. The van der Waals surface area contributed by atoms with Crippen molar-refractivity contribution in [1.82, 2.24) is 9.80 Å². The molecule has 25 heavy (non-hydrogen) atoms. The summed E-state index contributed by atoms with van der Waals surface area (Å²) in [5.41, 5.74) is 3.59. The number of rotatable bonds is 4. The van der Waals surface area contributed by atoms with Crippen LogP contribution < -0.4 is 5.32 Å². The van der Waals surface area contributed by atoms with Gasteiger partial charge in [-0.1, -0.05) is 29.8 Å². The van der Waals surface area contributed by atoms with E-state index in [9.17, 15) is 4.79 Å². The van der Waals surface area contributed by atoms with E-state index in [1.165, 1.54) is 5.56 Å². The third kappa shape index (κ3) is 4.82. The lowest BCUT2D eigenvalue weighted by Gasteiger charge is -2.32. The van der Waals surface area contributed by atoms with Crippen LogP contribution in [0.3, 0.4) is 0 Å². The molecule has 0 bridgehead atoms. The molecule has 0 radical (unpaired) electrons. The summed E-state index contributed by atoms with van der Waals surface area (Å²) in [6.45, 7) is 7.27. The van der Waals surface area contributed by atoms with Gasteiger partial charge in [-0.2, -0.15) is 0 Å². The van der Waals surface area contributed by atoms with Crippen LogP contribution in [0.4, 0.5) is 5.69 Å². The third-order valence-electron chi connectivity index (χ3n) is 4.65. The molecule has 1 aliphatic heterocycles. The molecule has 1 aliphatic rings. The van der Waals surface area contributed by atoms with Gasteiger partial charge in [0.2, 0.25) is 0 Å². The summed E-state index contributed by atoms with van der Waals surface area (Å²) in [5, 5.41) is 3.55. The van der Waals surface area contributed by atoms with Gasteiger partial charge in [0, 0.05) is 49.0 Å². The van der Waals surface area contributed by atoms with Gasteiger partial charge in [0.15, 0.2) is 0 Å². The molecular weight excluding hydrogens is 334 g/mol. The van der Waals surface area contributed by atoms with Crippen molar-refractivity contribution < 1.29 is 4.79 Å². The Balaban J connectivity index is 1.59. The second kappa shape index (κ2) is 8.00. The van der Waals surface area contributed by atoms with Gasteiger partial charge >= 0.3 is 0 Å².